The molecule has 0 saturated carbocycles. The molecule has 42 heavy (non-hydrogen) atoms. The van der Waals surface area contributed by atoms with Gasteiger partial charge in [0.2, 0.25) is 0 Å². The third-order valence-electron chi connectivity index (χ3n) is 6.56. The van der Waals surface area contributed by atoms with Crippen molar-refractivity contribution in [1.82, 2.24) is 5.32 Å². The normalized spacial score (nSPS) is 14.3. The zero-order valence-electron chi connectivity index (χ0n) is 23.2. The molecule has 8 nitrogen and oxygen atoms in total. The van der Waals surface area contributed by atoms with Crippen LogP contribution in [0.5, 0.6) is 17.2 Å². The van der Waals surface area contributed by atoms with E-state index in [1.54, 1.807) is 36.4 Å². The minimum Gasteiger partial charge on any atom is -0.494 e. The predicted octanol–water partition coefficient (Wildman–Crippen LogP) is 6.93. The maximum Gasteiger partial charge on any atom is 0.335 e. The third-order valence-corrected chi connectivity index (χ3v) is 6.84. The quantitative estimate of drug-likeness (QED) is 0.160. The number of nitrogens with zero attached hydrogens (tertiary/aromatic N) is 1. The molecule has 0 radical (unpaired) electrons. The second-order valence-corrected chi connectivity index (χ2v) is 9.90. The molecule has 1 saturated heterocycles. The molecule has 1 aliphatic heterocycles. The lowest BCUT2D eigenvalue weighted by Crippen LogP contribution is -2.54. The van der Waals surface area contributed by atoms with Crippen LogP contribution in [-0.4, -0.2) is 31.1 Å². The summed E-state index contributed by atoms with van der Waals surface area (Å²) in [5, 5.41) is 4.64. The number of amides is 4. The van der Waals surface area contributed by atoms with Gasteiger partial charge in [0.05, 0.1) is 23.9 Å². The van der Waals surface area contributed by atoms with Crippen LogP contribution >= 0.6 is 11.6 Å². The standard InChI is InChI=1S/C33H29ClN2O6/c1-3-16-41-25-14-12-24(13-15-25)36-32(38)27(31(37)35-33(36)39)17-21-18-28(34)30(29(19-21)40-4-2)42-20-23-10-7-9-22-8-5-6-11-26(22)23/h5-15,17-19H,3-4,16,20H2,1-2H3,(H,35,37,39)/b27-17-. The van der Waals surface area contributed by atoms with Gasteiger partial charge in [-0.3, -0.25) is 14.9 Å². The van der Waals surface area contributed by atoms with E-state index in [1.165, 1.54) is 6.08 Å². The number of ether oxygens (including phenoxy) is 3. The molecule has 5 rings (SSSR count). The molecular formula is C33H29ClN2O6. The Hall–Kier alpha value is -4.82. The van der Waals surface area contributed by atoms with Gasteiger partial charge in [-0.2, -0.15) is 0 Å². The first kappa shape index (κ1) is 28.7. The Bertz CT molecular complexity index is 1680. The Morgan fingerprint density at radius 3 is 2.40 bits per heavy atom. The number of hydrogen-bond donors (Lipinski definition) is 1. The summed E-state index contributed by atoms with van der Waals surface area (Å²) in [6.07, 6.45) is 2.22. The predicted molar refractivity (Wildman–Crippen MR) is 162 cm³/mol. The van der Waals surface area contributed by atoms with E-state index in [4.69, 9.17) is 25.8 Å². The summed E-state index contributed by atoms with van der Waals surface area (Å²) in [7, 11) is 0. The van der Waals surface area contributed by atoms with Gasteiger partial charge in [0.1, 0.15) is 17.9 Å². The summed E-state index contributed by atoms with van der Waals surface area (Å²) in [4.78, 5) is 39.7. The molecule has 1 fully saturated rings. The summed E-state index contributed by atoms with van der Waals surface area (Å²) in [5.41, 5.74) is 1.47. The average Bonchev–Trinajstić information content (AvgIpc) is 2.98. The van der Waals surface area contributed by atoms with Crippen molar-refractivity contribution in [3.8, 4) is 17.2 Å². The van der Waals surface area contributed by atoms with E-state index in [1.807, 2.05) is 56.3 Å². The van der Waals surface area contributed by atoms with Gasteiger partial charge >= 0.3 is 6.03 Å². The van der Waals surface area contributed by atoms with E-state index in [9.17, 15) is 14.4 Å². The van der Waals surface area contributed by atoms with Crippen molar-refractivity contribution < 1.29 is 28.6 Å². The smallest absolute Gasteiger partial charge is 0.335 e. The molecule has 0 unspecified atom stereocenters. The molecule has 1 heterocycles. The second kappa shape index (κ2) is 12.8. The number of rotatable bonds is 10. The number of halogens is 1. The number of fused-ring (bicyclic) bond motifs is 1. The van der Waals surface area contributed by atoms with E-state index >= 15 is 0 Å². The summed E-state index contributed by atoms with van der Waals surface area (Å²) in [6, 6.07) is 22.9. The number of barbiturate groups is 1. The van der Waals surface area contributed by atoms with Crippen LogP contribution in [0.25, 0.3) is 16.8 Å². The zero-order chi connectivity index (χ0) is 29.6. The van der Waals surface area contributed by atoms with E-state index < -0.39 is 17.8 Å². The summed E-state index contributed by atoms with van der Waals surface area (Å²) in [6.45, 7) is 4.95. The number of benzene rings is 4. The van der Waals surface area contributed by atoms with Crippen LogP contribution in [0.15, 0.2) is 84.4 Å². The summed E-state index contributed by atoms with van der Waals surface area (Å²) < 4.78 is 17.5. The molecule has 4 aromatic rings. The largest absolute Gasteiger partial charge is 0.494 e. The summed E-state index contributed by atoms with van der Waals surface area (Å²) >= 11 is 6.65. The van der Waals surface area contributed by atoms with Gasteiger partial charge in [-0.15, -0.1) is 0 Å². The lowest BCUT2D eigenvalue weighted by Gasteiger charge is -2.26. The monoisotopic (exact) mass is 584 g/mol. The molecule has 0 spiro atoms. The van der Waals surface area contributed by atoms with E-state index in [0.29, 0.717) is 41.7 Å². The molecule has 4 amide bonds. The highest BCUT2D eigenvalue weighted by Crippen LogP contribution is 2.38. The van der Waals surface area contributed by atoms with E-state index in [0.717, 1.165) is 27.7 Å². The van der Waals surface area contributed by atoms with Crippen LogP contribution in [0, 0.1) is 0 Å². The SMILES string of the molecule is CCCOc1ccc(N2C(=O)NC(=O)/C(=C/c3cc(Cl)c(OCc4cccc5ccccc45)c(OCC)c3)C2=O)cc1. The number of carbonyl (C=O) groups is 3. The number of anilines is 1. The number of carbonyl (C=O) groups excluding carboxylic acids is 3. The van der Waals surface area contributed by atoms with Gasteiger partial charge in [0.25, 0.3) is 11.8 Å². The van der Waals surface area contributed by atoms with Crippen molar-refractivity contribution in [3.05, 3.63) is 101 Å². The highest BCUT2D eigenvalue weighted by Gasteiger charge is 2.37. The fourth-order valence-corrected chi connectivity index (χ4v) is 4.89. The minimum atomic E-state index is -0.838. The zero-order valence-corrected chi connectivity index (χ0v) is 23.9. The molecule has 9 heteroatoms. The lowest BCUT2D eigenvalue weighted by molar-refractivity contribution is -0.122. The van der Waals surface area contributed by atoms with Gasteiger partial charge in [-0.25, -0.2) is 9.69 Å². The first-order valence-corrected chi connectivity index (χ1v) is 14.0. The fourth-order valence-electron chi connectivity index (χ4n) is 4.61. The van der Waals surface area contributed by atoms with Crippen LogP contribution < -0.4 is 24.4 Å². The van der Waals surface area contributed by atoms with Crippen molar-refractivity contribution in [1.29, 1.82) is 0 Å². The Kier molecular flexibility index (Phi) is 8.74. The van der Waals surface area contributed by atoms with Crippen molar-refractivity contribution in [2.45, 2.75) is 26.9 Å². The Morgan fingerprint density at radius 1 is 0.881 bits per heavy atom. The maximum absolute atomic E-state index is 13.4. The van der Waals surface area contributed by atoms with Gasteiger partial charge in [0.15, 0.2) is 11.5 Å². The summed E-state index contributed by atoms with van der Waals surface area (Å²) in [5.74, 6) is -0.268. The molecule has 0 aliphatic carbocycles. The van der Waals surface area contributed by atoms with Crippen molar-refractivity contribution in [2.75, 3.05) is 18.1 Å². The van der Waals surface area contributed by atoms with Crippen LogP contribution in [0.4, 0.5) is 10.5 Å². The Balaban J connectivity index is 1.42. The molecule has 4 aromatic carbocycles. The first-order valence-electron chi connectivity index (χ1n) is 13.6. The molecule has 0 bridgehead atoms. The van der Waals surface area contributed by atoms with Crippen LogP contribution in [0.2, 0.25) is 5.02 Å². The fraction of sp³-hybridized carbons (Fsp3) is 0.182. The number of nitrogens with one attached hydrogen (secondary N) is 1. The lowest BCUT2D eigenvalue weighted by atomic mass is 10.1. The number of hydrogen-bond acceptors (Lipinski definition) is 6. The third kappa shape index (κ3) is 6.09. The van der Waals surface area contributed by atoms with Crippen LogP contribution in [0.3, 0.4) is 0 Å². The molecule has 0 aromatic heterocycles. The molecule has 1 aliphatic rings. The van der Waals surface area contributed by atoms with Gasteiger partial charge in [0, 0.05) is 0 Å². The van der Waals surface area contributed by atoms with Gasteiger partial charge in [-0.05, 0) is 77.7 Å². The first-order chi connectivity index (χ1) is 20.4. The van der Waals surface area contributed by atoms with Crippen molar-refractivity contribution in [2.24, 2.45) is 0 Å². The Morgan fingerprint density at radius 2 is 1.64 bits per heavy atom. The molecular weight excluding hydrogens is 556 g/mol. The van der Waals surface area contributed by atoms with Gasteiger partial charge < -0.3 is 14.2 Å². The molecule has 0 atom stereocenters. The number of imide groups is 2. The topological polar surface area (TPSA) is 94.2 Å². The molecule has 214 valence electrons. The van der Waals surface area contributed by atoms with Crippen LogP contribution in [-0.2, 0) is 16.2 Å². The minimum absolute atomic E-state index is 0.233. The van der Waals surface area contributed by atoms with Crippen molar-refractivity contribution in [3.63, 3.8) is 0 Å². The highest BCUT2D eigenvalue weighted by atomic mass is 35.5. The molecule has 1 N–H and O–H groups in total. The van der Waals surface area contributed by atoms with E-state index in [-0.39, 0.29) is 17.2 Å². The second-order valence-electron chi connectivity index (χ2n) is 9.49. The average molecular weight is 585 g/mol. The Labute approximate surface area is 248 Å². The van der Waals surface area contributed by atoms with Crippen LogP contribution in [0.1, 0.15) is 31.4 Å². The maximum atomic E-state index is 13.4. The van der Waals surface area contributed by atoms with Crippen molar-refractivity contribution >= 4 is 52.0 Å². The highest BCUT2D eigenvalue weighted by molar-refractivity contribution is 6.39. The van der Waals surface area contributed by atoms with E-state index in [2.05, 4.69) is 5.32 Å². The number of urea groups is 1. The van der Waals surface area contributed by atoms with Gasteiger partial charge in [-0.1, -0.05) is 61.0 Å².